The van der Waals surface area contributed by atoms with Crippen LogP contribution >= 0.6 is 15.9 Å². The van der Waals surface area contributed by atoms with Gasteiger partial charge < -0.3 is 10.1 Å². The summed E-state index contributed by atoms with van der Waals surface area (Å²) in [7, 11) is 0. The van der Waals surface area contributed by atoms with Crippen LogP contribution in [0.4, 0.5) is 11.4 Å². The Morgan fingerprint density at radius 2 is 2.12 bits per heavy atom. The number of pyridine rings is 1. The molecule has 0 spiro atoms. The molecule has 0 fully saturated rings. The molecule has 0 unspecified atom stereocenters. The number of anilines is 1. The lowest BCUT2D eigenvalue weighted by molar-refractivity contribution is -0.385. The van der Waals surface area contributed by atoms with Gasteiger partial charge in [-0.1, -0.05) is 6.07 Å². The van der Waals surface area contributed by atoms with E-state index in [4.69, 9.17) is 4.74 Å². The number of halogens is 1. The van der Waals surface area contributed by atoms with E-state index in [2.05, 4.69) is 26.2 Å². The summed E-state index contributed by atoms with van der Waals surface area (Å²) < 4.78 is 5.49. The van der Waals surface area contributed by atoms with Crippen LogP contribution in [0.2, 0.25) is 0 Å². The molecule has 0 aliphatic rings. The van der Waals surface area contributed by atoms with E-state index in [1.165, 1.54) is 43.6 Å². The molecule has 8 nitrogen and oxygen atoms in total. The lowest BCUT2D eigenvalue weighted by atomic mass is 10.1. The zero-order chi connectivity index (χ0) is 17.7. The van der Waals surface area contributed by atoms with Gasteiger partial charge in [0.25, 0.3) is 11.6 Å². The van der Waals surface area contributed by atoms with Crippen molar-refractivity contribution in [3.05, 3.63) is 62.4 Å². The van der Waals surface area contributed by atoms with Crippen molar-refractivity contribution in [2.24, 2.45) is 0 Å². The topological polar surface area (TPSA) is 111 Å². The monoisotopic (exact) mass is 393 g/mol. The molecule has 0 saturated carbocycles. The number of nitro groups is 1. The van der Waals surface area contributed by atoms with Gasteiger partial charge in [-0.05, 0) is 35.0 Å². The van der Waals surface area contributed by atoms with Crippen molar-refractivity contribution in [3.63, 3.8) is 0 Å². The Morgan fingerprint density at radius 1 is 1.38 bits per heavy atom. The zero-order valence-electron chi connectivity index (χ0n) is 12.5. The van der Waals surface area contributed by atoms with Crippen molar-refractivity contribution >= 4 is 39.2 Å². The summed E-state index contributed by atoms with van der Waals surface area (Å²) in [5, 5.41) is 13.4. The van der Waals surface area contributed by atoms with Crippen molar-refractivity contribution in [1.29, 1.82) is 0 Å². The van der Waals surface area contributed by atoms with E-state index in [9.17, 15) is 19.7 Å². The second-order valence-electron chi connectivity index (χ2n) is 4.72. The summed E-state index contributed by atoms with van der Waals surface area (Å²) in [5.74, 6) is -1.30. The molecule has 1 amide bonds. The third-order valence-corrected chi connectivity index (χ3v) is 3.48. The van der Waals surface area contributed by atoms with Gasteiger partial charge >= 0.3 is 5.97 Å². The van der Waals surface area contributed by atoms with Gasteiger partial charge in [0, 0.05) is 22.9 Å². The maximum atomic E-state index is 11.9. The number of esters is 1. The Hall–Kier alpha value is -2.81. The molecular weight excluding hydrogens is 382 g/mol. The summed E-state index contributed by atoms with van der Waals surface area (Å²) in [4.78, 5) is 37.8. The van der Waals surface area contributed by atoms with Crippen LogP contribution in [0.1, 0.15) is 15.9 Å². The predicted octanol–water partition coefficient (Wildman–Crippen LogP) is 2.86. The van der Waals surface area contributed by atoms with Crippen LogP contribution in [-0.2, 0) is 9.53 Å². The van der Waals surface area contributed by atoms with Crippen LogP contribution < -0.4 is 5.32 Å². The van der Waals surface area contributed by atoms with Crippen LogP contribution in [0.3, 0.4) is 0 Å². The SMILES string of the molecule is Cc1c(NC(=O)COC(=O)c2cncc(Br)c2)cccc1[N+](=O)[O-]. The van der Waals surface area contributed by atoms with Gasteiger partial charge in [-0.15, -0.1) is 0 Å². The summed E-state index contributed by atoms with van der Waals surface area (Å²) in [6.07, 6.45) is 2.82. The molecule has 124 valence electrons. The molecule has 0 aliphatic carbocycles. The van der Waals surface area contributed by atoms with Crippen molar-refractivity contribution in [1.82, 2.24) is 4.98 Å². The molecule has 2 rings (SSSR count). The average Bonchev–Trinajstić information content (AvgIpc) is 2.54. The first-order chi connectivity index (χ1) is 11.4. The van der Waals surface area contributed by atoms with Crippen LogP contribution in [0.5, 0.6) is 0 Å². The van der Waals surface area contributed by atoms with E-state index in [1.807, 2.05) is 0 Å². The molecular formula is C15H12BrN3O5. The van der Waals surface area contributed by atoms with Crippen molar-refractivity contribution < 1.29 is 19.2 Å². The molecule has 2 aromatic rings. The summed E-state index contributed by atoms with van der Waals surface area (Å²) in [6.45, 7) is 1.00. The summed E-state index contributed by atoms with van der Waals surface area (Å²) >= 11 is 3.18. The molecule has 0 radical (unpaired) electrons. The molecule has 0 bridgehead atoms. The first kappa shape index (κ1) is 17.5. The molecule has 1 N–H and O–H groups in total. The Balaban J connectivity index is 1.98. The summed E-state index contributed by atoms with van der Waals surface area (Å²) in [5.41, 5.74) is 0.696. The van der Waals surface area contributed by atoms with Gasteiger partial charge in [0.1, 0.15) is 0 Å². The number of hydrogen-bond donors (Lipinski definition) is 1. The van der Waals surface area contributed by atoms with Gasteiger partial charge in [0.15, 0.2) is 6.61 Å². The number of nitrogens with one attached hydrogen (secondary N) is 1. The van der Waals surface area contributed by atoms with E-state index in [1.54, 1.807) is 0 Å². The van der Waals surface area contributed by atoms with Gasteiger partial charge in [-0.25, -0.2) is 4.79 Å². The molecule has 0 atom stereocenters. The highest BCUT2D eigenvalue weighted by Gasteiger charge is 2.16. The van der Waals surface area contributed by atoms with E-state index in [0.29, 0.717) is 10.0 Å². The van der Waals surface area contributed by atoms with Crippen LogP contribution in [0, 0.1) is 17.0 Å². The molecule has 0 aliphatic heterocycles. The number of nitro benzene ring substituents is 1. The average molecular weight is 394 g/mol. The number of amides is 1. The normalized spacial score (nSPS) is 10.1. The highest BCUT2D eigenvalue weighted by atomic mass is 79.9. The Kier molecular flexibility index (Phi) is 5.59. The molecule has 9 heteroatoms. The van der Waals surface area contributed by atoms with Crippen molar-refractivity contribution in [2.75, 3.05) is 11.9 Å². The fourth-order valence-corrected chi connectivity index (χ4v) is 2.25. The first-order valence-corrected chi connectivity index (χ1v) is 7.49. The Morgan fingerprint density at radius 3 is 2.79 bits per heavy atom. The van der Waals surface area contributed by atoms with Crippen molar-refractivity contribution in [2.45, 2.75) is 6.92 Å². The highest BCUT2D eigenvalue weighted by molar-refractivity contribution is 9.10. The molecule has 1 heterocycles. The predicted molar refractivity (Wildman–Crippen MR) is 88.7 cm³/mol. The molecule has 24 heavy (non-hydrogen) atoms. The molecule has 1 aromatic carbocycles. The van der Waals surface area contributed by atoms with Crippen LogP contribution in [-0.4, -0.2) is 28.4 Å². The number of nitrogens with zero attached hydrogens (tertiary/aromatic N) is 2. The minimum absolute atomic E-state index is 0.106. The third kappa shape index (κ3) is 4.35. The Labute approximate surface area is 145 Å². The lowest BCUT2D eigenvalue weighted by Gasteiger charge is -2.09. The quantitative estimate of drug-likeness (QED) is 0.474. The van der Waals surface area contributed by atoms with E-state index in [-0.39, 0.29) is 16.9 Å². The number of carbonyl (C=O) groups is 2. The summed E-state index contributed by atoms with van der Waals surface area (Å²) in [6, 6.07) is 5.84. The number of ether oxygens (including phenoxy) is 1. The maximum absolute atomic E-state index is 11.9. The molecule has 0 saturated heterocycles. The fraction of sp³-hybridized carbons (Fsp3) is 0.133. The second kappa shape index (κ2) is 7.64. The second-order valence-corrected chi connectivity index (χ2v) is 5.64. The first-order valence-electron chi connectivity index (χ1n) is 6.70. The highest BCUT2D eigenvalue weighted by Crippen LogP contribution is 2.24. The molecule has 1 aromatic heterocycles. The minimum Gasteiger partial charge on any atom is -0.452 e. The van der Waals surface area contributed by atoms with E-state index in [0.717, 1.165) is 0 Å². The number of carbonyl (C=O) groups excluding carboxylic acids is 2. The lowest BCUT2D eigenvalue weighted by Crippen LogP contribution is -2.21. The van der Waals surface area contributed by atoms with E-state index < -0.39 is 23.4 Å². The Bertz CT molecular complexity index is 809. The van der Waals surface area contributed by atoms with Crippen molar-refractivity contribution in [3.8, 4) is 0 Å². The zero-order valence-corrected chi connectivity index (χ0v) is 14.1. The smallest absolute Gasteiger partial charge is 0.340 e. The third-order valence-electron chi connectivity index (χ3n) is 3.05. The minimum atomic E-state index is -0.699. The number of rotatable bonds is 5. The number of benzene rings is 1. The van der Waals surface area contributed by atoms with E-state index >= 15 is 0 Å². The van der Waals surface area contributed by atoms with Gasteiger partial charge in [0.05, 0.1) is 21.7 Å². The van der Waals surface area contributed by atoms with Gasteiger partial charge in [0.2, 0.25) is 0 Å². The van der Waals surface area contributed by atoms with Gasteiger partial charge in [-0.3, -0.25) is 19.9 Å². The standard InChI is InChI=1S/C15H12BrN3O5/c1-9-12(3-2-4-13(9)19(22)23)18-14(20)8-24-15(21)10-5-11(16)7-17-6-10/h2-7H,8H2,1H3,(H,18,20). The fourth-order valence-electron chi connectivity index (χ4n) is 1.88. The van der Waals surface area contributed by atoms with Crippen LogP contribution in [0.25, 0.3) is 0 Å². The number of hydrogen-bond acceptors (Lipinski definition) is 6. The number of aromatic nitrogens is 1. The largest absolute Gasteiger partial charge is 0.452 e. The maximum Gasteiger partial charge on any atom is 0.340 e. The van der Waals surface area contributed by atoms with Crippen LogP contribution in [0.15, 0.2) is 41.1 Å². The van der Waals surface area contributed by atoms with Gasteiger partial charge in [-0.2, -0.15) is 0 Å².